The van der Waals surface area contributed by atoms with Crippen LogP contribution < -0.4 is 11.1 Å². The number of hydrogen-bond acceptors (Lipinski definition) is 5. The summed E-state index contributed by atoms with van der Waals surface area (Å²) >= 11 is 0. The van der Waals surface area contributed by atoms with E-state index in [-0.39, 0.29) is 18.0 Å². The van der Waals surface area contributed by atoms with Crippen LogP contribution in [-0.2, 0) is 22.5 Å². The zero-order valence-electron chi connectivity index (χ0n) is 14.8. The summed E-state index contributed by atoms with van der Waals surface area (Å²) in [5.41, 5.74) is 9.12. The molecule has 0 bridgehead atoms. The Morgan fingerprint density at radius 1 is 1.19 bits per heavy atom. The van der Waals surface area contributed by atoms with Crippen LogP contribution >= 0.6 is 0 Å². The van der Waals surface area contributed by atoms with Crippen molar-refractivity contribution in [1.29, 1.82) is 0 Å². The van der Waals surface area contributed by atoms with E-state index in [2.05, 4.69) is 10.3 Å². The van der Waals surface area contributed by atoms with Crippen molar-refractivity contribution in [3.63, 3.8) is 0 Å². The second-order valence-electron chi connectivity index (χ2n) is 6.25. The SMILES string of the molecule is COCc1ccc(C(=O)Nc2ccc(CCC3COC(N)=N3)cc2)cc1. The van der Waals surface area contributed by atoms with Crippen molar-refractivity contribution in [2.75, 3.05) is 19.0 Å². The number of methoxy groups -OCH3 is 1. The molecule has 6 heteroatoms. The molecule has 1 unspecified atom stereocenters. The third-order valence-electron chi connectivity index (χ3n) is 4.24. The first-order valence-electron chi connectivity index (χ1n) is 8.58. The molecule has 0 spiro atoms. The van der Waals surface area contributed by atoms with Gasteiger partial charge in [-0.05, 0) is 48.2 Å². The van der Waals surface area contributed by atoms with Crippen LogP contribution in [0.5, 0.6) is 0 Å². The zero-order valence-corrected chi connectivity index (χ0v) is 14.8. The molecular weight excluding hydrogens is 330 g/mol. The normalized spacial score (nSPS) is 16.0. The summed E-state index contributed by atoms with van der Waals surface area (Å²) < 4.78 is 10.2. The van der Waals surface area contributed by atoms with Crippen molar-refractivity contribution in [1.82, 2.24) is 0 Å². The topological polar surface area (TPSA) is 85.9 Å². The Labute approximate surface area is 153 Å². The van der Waals surface area contributed by atoms with Crippen molar-refractivity contribution < 1.29 is 14.3 Å². The van der Waals surface area contributed by atoms with Crippen molar-refractivity contribution in [2.45, 2.75) is 25.5 Å². The number of amidine groups is 1. The average Bonchev–Trinajstić information content (AvgIpc) is 3.07. The minimum absolute atomic E-state index is 0.130. The van der Waals surface area contributed by atoms with E-state index in [1.165, 1.54) is 5.56 Å². The van der Waals surface area contributed by atoms with Gasteiger partial charge in [-0.1, -0.05) is 24.3 Å². The molecule has 3 rings (SSSR count). The molecule has 26 heavy (non-hydrogen) atoms. The Kier molecular flexibility index (Phi) is 5.86. The van der Waals surface area contributed by atoms with E-state index in [4.69, 9.17) is 15.2 Å². The third-order valence-corrected chi connectivity index (χ3v) is 4.24. The monoisotopic (exact) mass is 353 g/mol. The van der Waals surface area contributed by atoms with E-state index in [1.807, 2.05) is 36.4 Å². The fourth-order valence-corrected chi connectivity index (χ4v) is 2.79. The number of nitrogens with two attached hydrogens (primary N) is 1. The lowest BCUT2D eigenvalue weighted by Gasteiger charge is -2.08. The van der Waals surface area contributed by atoms with Gasteiger partial charge in [0.1, 0.15) is 6.61 Å². The van der Waals surface area contributed by atoms with Gasteiger partial charge in [0.15, 0.2) is 0 Å². The van der Waals surface area contributed by atoms with Gasteiger partial charge in [-0.25, -0.2) is 4.99 Å². The molecule has 1 atom stereocenters. The Hall–Kier alpha value is -2.86. The van der Waals surface area contributed by atoms with Gasteiger partial charge < -0.3 is 20.5 Å². The molecular formula is C20H23N3O3. The van der Waals surface area contributed by atoms with Crippen molar-refractivity contribution >= 4 is 17.6 Å². The number of aliphatic imine (C=N–C) groups is 1. The van der Waals surface area contributed by atoms with E-state index < -0.39 is 0 Å². The number of carbonyl (C=O) groups is 1. The molecule has 1 heterocycles. The average molecular weight is 353 g/mol. The molecule has 0 saturated carbocycles. The highest BCUT2D eigenvalue weighted by Crippen LogP contribution is 2.16. The number of rotatable bonds is 7. The summed E-state index contributed by atoms with van der Waals surface area (Å²) in [6.07, 6.45) is 1.78. The van der Waals surface area contributed by atoms with Crippen LogP contribution in [0.4, 0.5) is 5.69 Å². The lowest BCUT2D eigenvalue weighted by molar-refractivity contribution is 0.102. The van der Waals surface area contributed by atoms with Crippen LogP contribution in [0, 0.1) is 0 Å². The summed E-state index contributed by atoms with van der Waals surface area (Å²) in [4.78, 5) is 16.5. The standard InChI is InChI=1S/C20H23N3O3/c1-25-12-15-2-7-16(8-3-15)19(24)22-17-9-4-14(5-10-17)6-11-18-13-26-20(21)23-18/h2-5,7-10,18H,6,11-13H2,1H3,(H2,21,23)(H,22,24). The molecule has 0 fully saturated rings. The lowest BCUT2D eigenvalue weighted by atomic mass is 10.1. The number of nitrogens with one attached hydrogen (secondary N) is 1. The smallest absolute Gasteiger partial charge is 0.282 e. The summed E-state index contributed by atoms with van der Waals surface area (Å²) in [6, 6.07) is 15.7. The van der Waals surface area contributed by atoms with Crippen LogP contribution in [0.15, 0.2) is 53.5 Å². The highest BCUT2D eigenvalue weighted by molar-refractivity contribution is 6.04. The zero-order chi connectivity index (χ0) is 18.4. The molecule has 2 aromatic carbocycles. The lowest BCUT2D eigenvalue weighted by Crippen LogP contribution is -2.12. The minimum Gasteiger partial charge on any atom is -0.463 e. The highest BCUT2D eigenvalue weighted by Gasteiger charge is 2.16. The Morgan fingerprint density at radius 3 is 2.50 bits per heavy atom. The summed E-state index contributed by atoms with van der Waals surface area (Å²) in [5.74, 6) is -0.130. The first kappa shape index (κ1) is 17.9. The number of anilines is 1. The van der Waals surface area contributed by atoms with Gasteiger partial charge in [0.2, 0.25) is 0 Å². The fraction of sp³-hybridized carbons (Fsp3) is 0.300. The van der Waals surface area contributed by atoms with E-state index in [9.17, 15) is 4.79 Å². The number of nitrogens with zero attached hydrogens (tertiary/aromatic N) is 1. The molecule has 1 aliphatic heterocycles. The largest absolute Gasteiger partial charge is 0.463 e. The maximum Gasteiger partial charge on any atom is 0.282 e. The van der Waals surface area contributed by atoms with Crippen molar-refractivity contribution in [3.8, 4) is 0 Å². The predicted molar refractivity (Wildman–Crippen MR) is 101 cm³/mol. The van der Waals surface area contributed by atoms with Crippen molar-refractivity contribution in [2.24, 2.45) is 10.7 Å². The number of ether oxygens (including phenoxy) is 2. The quantitative estimate of drug-likeness (QED) is 0.801. The van der Waals surface area contributed by atoms with Crippen LogP contribution in [-0.4, -0.2) is 31.7 Å². The molecule has 136 valence electrons. The number of carbonyl (C=O) groups excluding carboxylic acids is 1. The third kappa shape index (κ3) is 4.83. The van der Waals surface area contributed by atoms with E-state index in [0.29, 0.717) is 18.8 Å². The fourth-order valence-electron chi connectivity index (χ4n) is 2.79. The van der Waals surface area contributed by atoms with Gasteiger partial charge in [0, 0.05) is 18.4 Å². The van der Waals surface area contributed by atoms with Crippen molar-refractivity contribution in [3.05, 3.63) is 65.2 Å². The first-order chi connectivity index (χ1) is 12.6. The second kappa shape index (κ2) is 8.49. The number of amides is 1. The van der Waals surface area contributed by atoms with Gasteiger partial charge >= 0.3 is 0 Å². The van der Waals surface area contributed by atoms with Crippen LogP contribution in [0.3, 0.4) is 0 Å². The van der Waals surface area contributed by atoms with E-state index in [0.717, 1.165) is 24.1 Å². The van der Waals surface area contributed by atoms with Crippen LogP contribution in [0.1, 0.15) is 27.9 Å². The minimum atomic E-state index is -0.130. The second-order valence-corrected chi connectivity index (χ2v) is 6.25. The van der Waals surface area contributed by atoms with Crippen LogP contribution in [0.25, 0.3) is 0 Å². The maximum atomic E-state index is 12.3. The molecule has 3 N–H and O–H groups in total. The molecule has 6 nitrogen and oxygen atoms in total. The maximum absolute atomic E-state index is 12.3. The highest BCUT2D eigenvalue weighted by atomic mass is 16.5. The molecule has 1 amide bonds. The molecule has 0 radical (unpaired) electrons. The summed E-state index contributed by atoms with van der Waals surface area (Å²) in [5, 5.41) is 2.91. The van der Waals surface area contributed by atoms with Gasteiger partial charge in [-0.2, -0.15) is 0 Å². The molecule has 0 aromatic heterocycles. The predicted octanol–water partition coefficient (Wildman–Crippen LogP) is 2.73. The van der Waals surface area contributed by atoms with Gasteiger partial charge in [-0.15, -0.1) is 0 Å². The first-order valence-corrected chi connectivity index (χ1v) is 8.58. The Bertz CT molecular complexity index is 770. The Balaban J connectivity index is 1.52. The number of hydrogen-bond donors (Lipinski definition) is 2. The number of aryl methyl sites for hydroxylation is 1. The molecule has 0 aliphatic carbocycles. The van der Waals surface area contributed by atoms with Crippen LogP contribution in [0.2, 0.25) is 0 Å². The number of benzene rings is 2. The molecule has 0 saturated heterocycles. The Morgan fingerprint density at radius 2 is 1.88 bits per heavy atom. The van der Waals surface area contributed by atoms with E-state index >= 15 is 0 Å². The summed E-state index contributed by atoms with van der Waals surface area (Å²) in [6.45, 7) is 1.09. The van der Waals surface area contributed by atoms with E-state index in [1.54, 1.807) is 19.2 Å². The van der Waals surface area contributed by atoms with Gasteiger partial charge in [0.05, 0.1) is 12.6 Å². The van der Waals surface area contributed by atoms with Gasteiger partial charge in [-0.3, -0.25) is 4.79 Å². The molecule has 2 aromatic rings. The molecule has 1 aliphatic rings. The summed E-state index contributed by atoms with van der Waals surface area (Å²) in [7, 11) is 1.65. The van der Waals surface area contributed by atoms with Gasteiger partial charge in [0.25, 0.3) is 11.9 Å².